The molecular formula is C20H22O5. The molecule has 3 rings (SSSR count). The maximum absolute atomic E-state index is 12.5. The molecule has 0 saturated carbocycles. The zero-order chi connectivity index (χ0) is 18.2. The van der Waals surface area contributed by atoms with Gasteiger partial charge in [0, 0.05) is 0 Å². The van der Waals surface area contributed by atoms with Crippen molar-refractivity contribution < 1.29 is 24.2 Å². The molecule has 1 aliphatic carbocycles. The second kappa shape index (κ2) is 6.15. The molecule has 0 aliphatic heterocycles. The molecule has 5 nitrogen and oxygen atoms in total. The third kappa shape index (κ3) is 2.50. The van der Waals surface area contributed by atoms with E-state index in [1.54, 1.807) is 13.0 Å². The molecule has 0 bridgehead atoms. The van der Waals surface area contributed by atoms with E-state index in [4.69, 9.17) is 9.47 Å². The van der Waals surface area contributed by atoms with E-state index in [0.29, 0.717) is 18.4 Å². The first-order valence-electron chi connectivity index (χ1n) is 8.26. The Kier molecular flexibility index (Phi) is 4.29. The summed E-state index contributed by atoms with van der Waals surface area (Å²) in [5.41, 5.74) is -1.36. The number of esters is 2. The normalized spacial score (nSPS) is 25.3. The summed E-state index contributed by atoms with van der Waals surface area (Å²) in [6, 6.07) is 11.6. The van der Waals surface area contributed by atoms with Gasteiger partial charge >= 0.3 is 11.9 Å². The van der Waals surface area contributed by atoms with Crippen LogP contribution in [0.15, 0.2) is 36.4 Å². The second-order valence-corrected chi connectivity index (χ2v) is 6.75. The summed E-state index contributed by atoms with van der Waals surface area (Å²) in [7, 11) is 2.56. The lowest BCUT2D eigenvalue weighted by molar-refractivity contribution is -0.181. The van der Waals surface area contributed by atoms with Crippen LogP contribution in [-0.4, -0.2) is 31.3 Å². The van der Waals surface area contributed by atoms with E-state index in [-0.39, 0.29) is 6.42 Å². The molecule has 25 heavy (non-hydrogen) atoms. The Labute approximate surface area is 146 Å². The van der Waals surface area contributed by atoms with Gasteiger partial charge in [-0.25, -0.2) is 0 Å². The van der Waals surface area contributed by atoms with Crippen molar-refractivity contribution in [2.75, 3.05) is 14.2 Å². The first kappa shape index (κ1) is 17.4. The van der Waals surface area contributed by atoms with Crippen molar-refractivity contribution in [2.45, 2.75) is 31.8 Å². The van der Waals surface area contributed by atoms with Gasteiger partial charge in [0.15, 0.2) is 0 Å². The fourth-order valence-corrected chi connectivity index (χ4v) is 3.94. The number of hydrogen-bond donors (Lipinski definition) is 1. The molecule has 132 valence electrons. The Hall–Kier alpha value is -2.40. The van der Waals surface area contributed by atoms with Crippen molar-refractivity contribution in [3.8, 4) is 0 Å². The van der Waals surface area contributed by atoms with Gasteiger partial charge in [-0.2, -0.15) is 0 Å². The SMILES string of the molecule is COC(=O)C[C@]1(O)c2ccc3ccccc3c2CC[C@@]1(C)C(=O)OC. The van der Waals surface area contributed by atoms with Crippen LogP contribution >= 0.6 is 0 Å². The topological polar surface area (TPSA) is 72.8 Å². The minimum Gasteiger partial charge on any atom is -0.469 e. The molecule has 2 atom stereocenters. The second-order valence-electron chi connectivity index (χ2n) is 6.75. The number of ether oxygens (including phenoxy) is 2. The predicted octanol–water partition coefficient (Wildman–Crippen LogP) is 2.72. The molecule has 5 heteroatoms. The van der Waals surface area contributed by atoms with Crippen molar-refractivity contribution in [1.29, 1.82) is 0 Å². The number of aliphatic hydroxyl groups is 1. The van der Waals surface area contributed by atoms with Crippen LogP contribution in [0.1, 0.15) is 30.9 Å². The van der Waals surface area contributed by atoms with Crippen LogP contribution in [0.2, 0.25) is 0 Å². The first-order valence-corrected chi connectivity index (χ1v) is 8.26. The van der Waals surface area contributed by atoms with Gasteiger partial charge in [0.2, 0.25) is 0 Å². The van der Waals surface area contributed by atoms with Crippen LogP contribution in [0, 0.1) is 5.41 Å². The average Bonchev–Trinajstić information content (AvgIpc) is 2.63. The number of carbonyl (C=O) groups is 2. The van der Waals surface area contributed by atoms with E-state index in [0.717, 1.165) is 16.3 Å². The molecule has 2 aromatic carbocycles. The highest BCUT2D eigenvalue weighted by Gasteiger charge is 2.58. The Morgan fingerprint density at radius 3 is 2.52 bits per heavy atom. The van der Waals surface area contributed by atoms with Crippen molar-refractivity contribution in [1.82, 2.24) is 0 Å². The van der Waals surface area contributed by atoms with E-state index in [1.165, 1.54) is 14.2 Å². The van der Waals surface area contributed by atoms with Crippen molar-refractivity contribution >= 4 is 22.7 Å². The molecule has 0 spiro atoms. The van der Waals surface area contributed by atoms with Gasteiger partial charge in [0.05, 0.1) is 26.1 Å². The van der Waals surface area contributed by atoms with Crippen LogP contribution in [0.25, 0.3) is 10.8 Å². The molecule has 1 N–H and O–H groups in total. The smallest absolute Gasteiger partial charge is 0.314 e. The molecular weight excluding hydrogens is 320 g/mol. The maximum atomic E-state index is 12.5. The van der Waals surface area contributed by atoms with E-state index < -0.39 is 23.0 Å². The number of fused-ring (bicyclic) bond motifs is 3. The van der Waals surface area contributed by atoms with E-state index in [2.05, 4.69) is 0 Å². The van der Waals surface area contributed by atoms with Gasteiger partial charge in [0.25, 0.3) is 0 Å². The Morgan fingerprint density at radius 1 is 1.12 bits per heavy atom. The molecule has 0 radical (unpaired) electrons. The van der Waals surface area contributed by atoms with Crippen molar-refractivity contribution in [3.05, 3.63) is 47.5 Å². The Bertz CT molecular complexity index is 843. The van der Waals surface area contributed by atoms with Crippen LogP contribution in [0.4, 0.5) is 0 Å². The van der Waals surface area contributed by atoms with Gasteiger partial charge < -0.3 is 14.6 Å². The summed E-state index contributed by atoms with van der Waals surface area (Å²) in [5, 5.41) is 13.7. The minimum absolute atomic E-state index is 0.305. The number of benzene rings is 2. The van der Waals surface area contributed by atoms with Crippen LogP contribution in [0.3, 0.4) is 0 Å². The summed E-state index contributed by atoms with van der Waals surface area (Å²) >= 11 is 0. The van der Waals surface area contributed by atoms with E-state index in [1.807, 2.05) is 30.3 Å². The lowest BCUT2D eigenvalue weighted by atomic mass is 9.60. The zero-order valence-electron chi connectivity index (χ0n) is 14.7. The molecule has 0 saturated heterocycles. The monoisotopic (exact) mass is 342 g/mol. The molecule has 0 fully saturated rings. The molecule has 0 amide bonds. The van der Waals surface area contributed by atoms with E-state index >= 15 is 0 Å². The van der Waals surface area contributed by atoms with Crippen LogP contribution in [-0.2, 0) is 31.1 Å². The Balaban J connectivity index is 2.26. The highest BCUT2D eigenvalue weighted by molar-refractivity contribution is 5.89. The highest BCUT2D eigenvalue weighted by atomic mass is 16.5. The van der Waals surface area contributed by atoms with Gasteiger partial charge in [-0.15, -0.1) is 0 Å². The fraction of sp³-hybridized carbons (Fsp3) is 0.400. The number of carbonyl (C=O) groups excluding carboxylic acids is 2. The summed E-state index contributed by atoms with van der Waals surface area (Å²) in [4.78, 5) is 24.5. The maximum Gasteiger partial charge on any atom is 0.314 e. The third-order valence-electron chi connectivity index (χ3n) is 5.54. The molecule has 0 aromatic heterocycles. The minimum atomic E-state index is -1.69. The van der Waals surface area contributed by atoms with Gasteiger partial charge in [-0.05, 0) is 41.7 Å². The third-order valence-corrected chi connectivity index (χ3v) is 5.54. The summed E-state index contributed by atoms with van der Waals surface area (Å²) in [5.74, 6) is -1.10. The largest absolute Gasteiger partial charge is 0.469 e. The van der Waals surface area contributed by atoms with Crippen molar-refractivity contribution in [2.24, 2.45) is 5.41 Å². The zero-order valence-corrected chi connectivity index (χ0v) is 14.7. The standard InChI is InChI=1S/C20H22O5/c1-19(18(22)25-3)11-10-15-14-7-5-4-6-13(14)8-9-16(15)20(19,23)12-17(21)24-2/h4-9,23H,10-12H2,1-3H3/t19-,20-/m0/s1. The first-order chi connectivity index (χ1) is 11.9. The van der Waals surface area contributed by atoms with Gasteiger partial charge in [0.1, 0.15) is 5.60 Å². The summed E-state index contributed by atoms with van der Waals surface area (Å²) in [6.45, 7) is 1.65. The molecule has 0 unspecified atom stereocenters. The van der Waals surface area contributed by atoms with Crippen molar-refractivity contribution in [3.63, 3.8) is 0 Å². The summed E-state index contributed by atoms with van der Waals surface area (Å²) < 4.78 is 9.73. The molecule has 2 aromatic rings. The van der Waals surface area contributed by atoms with E-state index in [9.17, 15) is 14.7 Å². The highest BCUT2D eigenvalue weighted by Crippen LogP contribution is 2.52. The predicted molar refractivity (Wildman–Crippen MR) is 92.9 cm³/mol. The Morgan fingerprint density at radius 2 is 1.84 bits per heavy atom. The lowest BCUT2D eigenvalue weighted by Crippen LogP contribution is -2.53. The quantitative estimate of drug-likeness (QED) is 0.868. The van der Waals surface area contributed by atoms with Gasteiger partial charge in [-0.1, -0.05) is 36.4 Å². The number of hydrogen-bond acceptors (Lipinski definition) is 5. The number of rotatable bonds is 3. The van der Waals surface area contributed by atoms with Crippen LogP contribution in [0.5, 0.6) is 0 Å². The number of aryl methyl sites for hydroxylation is 1. The molecule has 0 heterocycles. The average molecular weight is 342 g/mol. The summed E-state index contributed by atoms with van der Waals surface area (Å²) in [6.07, 6.45) is 0.695. The molecule has 1 aliphatic rings. The van der Waals surface area contributed by atoms with Crippen LogP contribution < -0.4 is 0 Å². The van der Waals surface area contributed by atoms with Gasteiger partial charge in [-0.3, -0.25) is 9.59 Å². The number of methoxy groups -OCH3 is 2. The fourth-order valence-electron chi connectivity index (χ4n) is 3.94. The lowest BCUT2D eigenvalue weighted by Gasteiger charge is -2.47.